The smallest absolute Gasteiger partial charge is 0.237 e. The lowest BCUT2D eigenvalue weighted by molar-refractivity contribution is -0.115. The maximum atomic E-state index is 12.5. The molecule has 8 nitrogen and oxygen atoms in total. The molecule has 1 amide bonds. The molecule has 3 aromatic heterocycles. The van der Waals surface area contributed by atoms with Crippen LogP contribution in [0.5, 0.6) is 11.6 Å². The number of nitrogens with one attached hydrogen (secondary N) is 1. The van der Waals surface area contributed by atoms with Gasteiger partial charge in [-0.3, -0.25) is 4.79 Å². The third-order valence-corrected chi connectivity index (χ3v) is 4.61. The van der Waals surface area contributed by atoms with E-state index in [1.54, 1.807) is 54.3 Å². The Kier molecular flexibility index (Phi) is 5.28. The molecule has 0 saturated carbocycles. The molecule has 9 heteroatoms. The Labute approximate surface area is 176 Å². The summed E-state index contributed by atoms with van der Waals surface area (Å²) in [5, 5.41) is 17.3. The summed E-state index contributed by atoms with van der Waals surface area (Å²) in [6.07, 6.45) is 3.30. The highest BCUT2D eigenvalue weighted by molar-refractivity contribution is 6.32. The van der Waals surface area contributed by atoms with Crippen molar-refractivity contribution < 1.29 is 9.53 Å². The Morgan fingerprint density at radius 1 is 1.23 bits per heavy atom. The molecule has 1 N–H and O–H groups in total. The van der Waals surface area contributed by atoms with Crippen molar-refractivity contribution in [2.24, 2.45) is 7.05 Å². The van der Waals surface area contributed by atoms with Gasteiger partial charge in [-0.25, -0.2) is 14.6 Å². The number of fused-ring (bicyclic) bond motifs is 1. The Balaban J connectivity index is 1.48. The van der Waals surface area contributed by atoms with E-state index in [0.29, 0.717) is 33.4 Å². The standard InChI is InChI=1S/C21H15ClN6O2/c1-28-20-15(5-3-8-24-20)19(27-28)26-18(29)11-13-6-7-17(16(22)10-13)30-21-14(12-23)4-2-9-25-21/h2-10H,11H2,1H3,(H,26,27,29). The van der Waals surface area contributed by atoms with Crippen LogP contribution in [0.2, 0.25) is 5.02 Å². The van der Waals surface area contributed by atoms with Gasteiger partial charge in [-0.15, -0.1) is 0 Å². The lowest BCUT2D eigenvalue weighted by Gasteiger charge is -2.09. The summed E-state index contributed by atoms with van der Waals surface area (Å²) >= 11 is 6.31. The van der Waals surface area contributed by atoms with Crippen LogP contribution >= 0.6 is 11.6 Å². The molecule has 1 aromatic carbocycles. The normalized spacial score (nSPS) is 10.6. The zero-order valence-electron chi connectivity index (χ0n) is 15.8. The first-order valence-corrected chi connectivity index (χ1v) is 9.32. The highest BCUT2D eigenvalue weighted by atomic mass is 35.5. The van der Waals surface area contributed by atoms with E-state index in [2.05, 4.69) is 20.4 Å². The number of aryl methyl sites for hydroxylation is 1. The molecule has 4 aromatic rings. The number of aromatic nitrogens is 4. The number of nitrogens with zero attached hydrogens (tertiary/aromatic N) is 5. The third-order valence-electron chi connectivity index (χ3n) is 4.32. The number of ether oxygens (including phenoxy) is 1. The number of benzene rings is 1. The van der Waals surface area contributed by atoms with E-state index in [1.165, 1.54) is 6.20 Å². The molecule has 0 bridgehead atoms. The zero-order chi connectivity index (χ0) is 21.1. The van der Waals surface area contributed by atoms with Crippen LogP contribution < -0.4 is 10.1 Å². The summed E-state index contributed by atoms with van der Waals surface area (Å²) in [4.78, 5) is 20.8. The van der Waals surface area contributed by atoms with Gasteiger partial charge in [-0.1, -0.05) is 17.7 Å². The molecule has 3 heterocycles. The number of halogens is 1. The van der Waals surface area contributed by atoms with Gasteiger partial charge >= 0.3 is 0 Å². The van der Waals surface area contributed by atoms with Crippen LogP contribution in [0.4, 0.5) is 5.82 Å². The van der Waals surface area contributed by atoms with Crippen LogP contribution in [0.1, 0.15) is 11.1 Å². The Morgan fingerprint density at radius 3 is 2.83 bits per heavy atom. The highest BCUT2D eigenvalue weighted by Gasteiger charge is 2.14. The van der Waals surface area contributed by atoms with Crippen molar-refractivity contribution in [1.29, 1.82) is 5.26 Å². The van der Waals surface area contributed by atoms with E-state index in [4.69, 9.17) is 21.6 Å². The molecule has 0 aliphatic carbocycles. The maximum absolute atomic E-state index is 12.5. The third kappa shape index (κ3) is 3.92. The van der Waals surface area contributed by atoms with Gasteiger partial charge in [0, 0.05) is 19.4 Å². The lowest BCUT2D eigenvalue weighted by atomic mass is 10.1. The molecule has 0 spiro atoms. The number of amides is 1. The van der Waals surface area contributed by atoms with E-state index in [1.807, 2.05) is 12.1 Å². The number of rotatable bonds is 5. The fourth-order valence-electron chi connectivity index (χ4n) is 2.94. The molecule has 0 saturated heterocycles. The minimum absolute atomic E-state index is 0.103. The van der Waals surface area contributed by atoms with Crippen LogP contribution in [0, 0.1) is 11.3 Å². The minimum Gasteiger partial charge on any atom is -0.436 e. The summed E-state index contributed by atoms with van der Waals surface area (Å²) in [5.74, 6) is 0.733. The zero-order valence-corrected chi connectivity index (χ0v) is 16.6. The molecule has 0 unspecified atom stereocenters. The average Bonchev–Trinajstić information content (AvgIpc) is 3.06. The number of carbonyl (C=O) groups is 1. The average molecular weight is 419 g/mol. The van der Waals surface area contributed by atoms with Gasteiger partial charge in [0.15, 0.2) is 11.5 Å². The second-order valence-corrected chi connectivity index (χ2v) is 6.81. The van der Waals surface area contributed by atoms with Crippen LogP contribution in [0.3, 0.4) is 0 Å². The van der Waals surface area contributed by atoms with E-state index < -0.39 is 0 Å². The first kappa shape index (κ1) is 19.4. The predicted octanol–water partition coefficient (Wildman–Crippen LogP) is 3.86. The van der Waals surface area contributed by atoms with Crippen LogP contribution in [-0.4, -0.2) is 25.7 Å². The Morgan fingerprint density at radius 2 is 2.03 bits per heavy atom. The summed E-state index contributed by atoms with van der Waals surface area (Å²) in [5.41, 5.74) is 1.68. The quantitative estimate of drug-likeness (QED) is 0.527. The number of nitriles is 1. The van der Waals surface area contributed by atoms with Gasteiger partial charge in [-0.05, 0) is 42.0 Å². The van der Waals surface area contributed by atoms with Crippen molar-refractivity contribution in [1.82, 2.24) is 19.7 Å². The van der Waals surface area contributed by atoms with Crippen LogP contribution in [0.25, 0.3) is 11.0 Å². The number of hydrogen-bond donors (Lipinski definition) is 1. The predicted molar refractivity (Wildman–Crippen MR) is 111 cm³/mol. The maximum Gasteiger partial charge on any atom is 0.237 e. The van der Waals surface area contributed by atoms with E-state index in [-0.39, 0.29) is 18.2 Å². The number of hydrogen-bond acceptors (Lipinski definition) is 6. The first-order chi connectivity index (χ1) is 14.5. The molecule has 0 fully saturated rings. The minimum atomic E-state index is -0.236. The molecule has 30 heavy (non-hydrogen) atoms. The summed E-state index contributed by atoms with van der Waals surface area (Å²) < 4.78 is 7.26. The molecule has 4 rings (SSSR count). The SMILES string of the molecule is Cn1nc(NC(=O)Cc2ccc(Oc3ncccc3C#N)c(Cl)c2)c2cccnc21. The fraction of sp³-hybridized carbons (Fsp3) is 0.0952. The Hall–Kier alpha value is -3.96. The monoisotopic (exact) mass is 418 g/mol. The molecular weight excluding hydrogens is 404 g/mol. The van der Waals surface area contributed by atoms with Gasteiger partial charge in [0.1, 0.15) is 17.4 Å². The van der Waals surface area contributed by atoms with Gasteiger partial charge in [0.05, 0.1) is 16.8 Å². The second kappa shape index (κ2) is 8.19. The molecule has 148 valence electrons. The highest BCUT2D eigenvalue weighted by Crippen LogP contribution is 2.31. The molecule has 0 aliphatic heterocycles. The van der Waals surface area contributed by atoms with Gasteiger partial charge in [0.25, 0.3) is 0 Å². The van der Waals surface area contributed by atoms with Crippen molar-refractivity contribution in [3.63, 3.8) is 0 Å². The summed E-state index contributed by atoms with van der Waals surface area (Å²) in [7, 11) is 1.77. The lowest BCUT2D eigenvalue weighted by Crippen LogP contribution is -2.15. The van der Waals surface area contributed by atoms with Crippen molar-refractivity contribution >= 4 is 34.4 Å². The van der Waals surface area contributed by atoms with E-state index in [0.717, 1.165) is 5.39 Å². The van der Waals surface area contributed by atoms with Crippen molar-refractivity contribution in [3.05, 3.63) is 71.0 Å². The van der Waals surface area contributed by atoms with Crippen molar-refractivity contribution in [2.45, 2.75) is 6.42 Å². The summed E-state index contributed by atoms with van der Waals surface area (Å²) in [6.45, 7) is 0. The van der Waals surface area contributed by atoms with E-state index in [9.17, 15) is 4.79 Å². The topological polar surface area (TPSA) is 106 Å². The number of carbonyl (C=O) groups excluding carboxylic acids is 1. The van der Waals surface area contributed by atoms with Crippen molar-refractivity contribution in [2.75, 3.05) is 5.32 Å². The van der Waals surface area contributed by atoms with Gasteiger partial charge in [0.2, 0.25) is 11.8 Å². The largest absolute Gasteiger partial charge is 0.436 e. The molecular formula is C21H15ClN6O2. The van der Waals surface area contributed by atoms with Crippen LogP contribution in [0.15, 0.2) is 54.9 Å². The molecule has 0 radical (unpaired) electrons. The second-order valence-electron chi connectivity index (χ2n) is 6.41. The van der Waals surface area contributed by atoms with Crippen LogP contribution in [-0.2, 0) is 18.3 Å². The van der Waals surface area contributed by atoms with Crippen molar-refractivity contribution in [3.8, 4) is 17.7 Å². The number of pyridine rings is 2. The van der Waals surface area contributed by atoms with Gasteiger partial charge in [-0.2, -0.15) is 10.4 Å². The molecule has 0 aliphatic rings. The summed E-state index contributed by atoms with van der Waals surface area (Å²) in [6, 6.07) is 13.9. The van der Waals surface area contributed by atoms with E-state index >= 15 is 0 Å². The Bertz CT molecular complexity index is 1290. The fourth-order valence-corrected chi connectivity index (χ4v) is 3.19. The molecule has 0 atom stereocenters. The first-order valence-electron chi connectivity index (χ1n) is 8.94. The number of anilines is 1. The van der Waals surface area contributed by atoms with Gasteiger partial charge < -0.3 is 10.1 Å².